The molecule has 6 heteroatoms. The van der Waals surface area contributed by atoms with E-state index in [0.29, 0.717) is 26.7 Å². The lowest BCUT2D eigenvalue weighted by Crippen LogP contribution is -2.24. The van der Waals surface area contributed by atoms with Gasteiger partial charge in [0.15, 0.2) is 9.60 Å². The molecule has 0 radical (unpaired) electrons. The van der Waals surface area contributed by atoms with Crippen molar-refractivity contribution in [3.63, 3.8) is 0 Å². The van der Waals surface area contributed by atoms with E-state index in [1.807, 2.05) is 48.7 Å². The lowest BCUT2D eigenvalue weighted by Gasteiger charge is -2.10. The van der Waals surface area contributed by atoms with Gasteiger partial charge in [0.2, 0.25) is 0 Å². The Hall–Kier alpha value is -1.79. The molecule has 3 rings (SSSR count). The highest BCUT2D eigenvalue weighted by Gasteiger charge is 2.14. The van der Waals surface area contributed by atoms with Gasteiger partial charge in [0.1, 0.15) is 10.5 Å². The largest absolute Gasteiger partial charge is 0.308 e. The minimum Gasteiger partial charge on any atom is -0.308 e. The van der Waals surface area contributed by atoms with Crippen molar-refractivity contribution in [2.24, 2.45) is 0 Å². The molecule has 0 bridgehead atoms. The smallest absolute Gasteiger partial charge is 0.273 e. The molecule has 0 spiro atoms. The van der Waals surface area contributed by atoms with Crippen molar-refractivity contribution in [2.45, 2.75) is 26.9 Å². The molecule has 0 fully saturated rings. The highest BCUT2D eigenvalue weighted by molar-refractivity contribution is 7.73. The molecule has 108 valence electrons. The van der Waals surface area contributed by atoms with E-state index in [-0.39, 0.29) is 5.56 Å². The molecule has 2 aromatic heterocycles. The van der Waals surface area contributed by atoms with Crippen LogP contribution in [-0.2, 0) is 13.1 Å². The molecule has 0 N–H and O–H groups in total. The monoisotopic (exact) mass is 317 g/mol. The summed E-state index contributed by atoms with van der Waals surface area (Å²) in [5, 5.41) is 0. The number of nitrogens with zero attached hydrogens (tertiary/aromatic N) is 3. The molecule has 1 aromatic carbocycles. The second-order valence-corrected chi connectivity index (χ2v) is 6.45. The Morgan fingerprint density at radius 1 is 1.24 bits per heavy atom. The normalized spacial score (nSPS) is 11.1. The molecular weight excluding hydrogens is 302 g/mol. The molecule has 0 aliphatic carbocycles. The van der Waals surface area contributed by atoms with E-state index >= 15 is 0 Å². The van der Waals surface area contributed by atoms with E-state index in [2.05, 4.69) is 4.98 Å². The topological polar surface area (TPSA) is 39.8 Å². The fourth-order valence-electron chi connectivity index (χ4n) is 2.36. The van der Waals surface area contributed by atoms with Gasteiger partial charge in [-0.25, -0.2) is 4.98 Å². The predicted molar refractivity (Wildman–Crippen MR) is 88.7 cm³/mol. The molecule has 21 heavy (non-hydrogen) atoms. The third-order valence-corrected chi connectivity index (χ3v) is 4.89. The molecule has 0 saturated carbocycles. The van der Waals surface area contributed by atoms with Crippen LogP contribution in [0.2, 0.25) is 0 Å². The number of fused-ring (bicyclic) bond motifs is 1. The van der Waals surface area contributed by atoms with Crippen LogP contribution in [-0.4, -0.2) is 14.1 Å². The van der Waals surface area contributed by atoms with Crippen LogP contribution in [0.5, 0.6) is 0 Å². The fourth-order valence-corrected chi connectivity index (χ4v) is 3.77. The highest BCUT2D eigenvalue weighted by atomic mass is 32.1. The summed E-state index contributed by atoms with van der Waals surface area (Å²) in [5.41, 5.74) is 1.78. The van der Waals surface area contributed by atoms with Crippen LogP contribution in [0.4, 0.5) is 0 Å². The average Bonchev–Trinajstić information content (AvgIpc) is 2.80. The summed E-state index contributed by atoms with van der Waals surface area (Å²) in [6.45, 7) is 5.14. The highest BCUT2D eigenvalue weighted by Crippen LogP contribution is 2.18. The summed E-state index contributed by atoms with van der Waals surface area (Å²) in [7, 11) is 0. The van der Waals surface area contributed by atoms with Crippen LogP contribution in [0.15, 0.2) is 35.1 Å². The number of aromatic nitrogens is 3. The molecule has 2 heterocycles. The van der Waals surface area contributed by atoms with Crippen LogP contribution in [0.1, 0.15) is 18.3 Å². The van der Waals surface area contributed by atoms with E-state index in [4.69, 9.17) is 12.2 Å². The number of thiazole rings is 1. The van der Waals surface area contributed by atoms with Crippen molar-refractivity contribution < 1.29 is 0 Å². The van der Waals surface area contributed by atoms with E-state index in [1.54, 1.807) is 4.57 Å². The second-order valence-electron chi connectivity index (χ2n) is 4.80. The van der Waals surface area contributed by atoms with Crippen LogP contribution >= 0.6 is 23.6 Å². The maximum absolute atomic E-state index is 12.7. The number of hydrogen-bond donors (Lipinski definition) is 0. The molecule has 0 atom stereocenters. The van der Waals surface area contributed by atoms with E-state index in [1.165, 1.54) is 11.3 Å². The van der Waals surface area contributed by atoms with Gasteiger partial charge in [0.25, 0.3) is 5.56 Å². The molecule has 0 aliphatic heterocycles. The molecular formula is C15H15N3OS2. The van der Waals surface area contributed by atoms with Crippen LogP contribution < -0.4 is 5.56 Å². The van der Waals surface area contributed by atoms with Crippen molar-refractivity contribution in [2.75, 3.05) is 0 Å². The Morgan fingerprint density at radius 2 is 1.95 bits per heavy atom. The summed E-state index contributed by atoms with van der Waals surface area (Å²) < 4.78 is 4.97. The first-order valence-electron chi connectivity index (χ1n) is 6.76. The summed E-state index contributed by atoms with van der Waals surface area (Å²) in [6, 6.07) is 9.93. The molecule has 0 unspecified atom stereocenters. The Morgan fingerprint density at radius 3 is 2.62 bits per heavy atom. The van der Waals surface area contributed by atoms with Crippen LogP contribution in [0.3, 0.4) is 0 Å². The number of rotatable bonds is 3. The second kappa shape index (κ2) is 5.54. The van der Waals surface area contributed by atoms with Crippen molar-refractivity contribution in [3.05, 3.63) is 56.0 Å². The minimum atomic E-state index is -0.00958. The molecule has 3 aromatic rings. The lowest BCUT2D eigenvalue weighted by molar-refractivity contribution is 0.702. The third-order valence-electron chi connectivity index (χ3n) is 3.47. The number of benzene rings is 1. The zero-order chi connectivity index (χ0) is 15.0. The van der Waals surface area contributed by atoms with Gasteiger partial charge in [0.05, 0.1) is 6.54 Å². The molecule has 0 aliphatic rings. The summed E-state index contributed by atoms with van der Waals surface area (Å²) in [4.78, 5) is 17.3. The molecule has 4 nitrogen and oxygen atoms in total. The fraction of sp³-hybridized carbons (Fsp3) is 0.267. The van der Waals surface area contributed by atoms with Crippen molar-refractivity contribution >= 4 is 33.9 Å². The van der Waals surface area contributed by atoms with Gasteiger partial charge in [-0.15, -0.1) is 0 Å². The number of aryl methyl sites for hydroxylation is 2. The van der Waals surface area contributed by atoms with Crippen molar-refractivity contribution in [3.8, 4) is 0 Å². The van der Waals surface area contributed by atoms with Gasteiger partial charge in [-0.05, 0) is 31.6 Å². The Bertz CT molecular complexity index is 906. The first-order chi connectivity index (χ1) is 10.1. The van der Waals surface area contributed by atoms with E-state index in [0.717, 1.165) is 12.1 Å². The van der Waals surface area contributed by atoms with Crippen LogP contribution in [0.25, 0.3) is 10.3 Å². The Balaban J connectivity index is 2.21. The zero-order valence-corrected chi connectivity index (χ0v) is 13.5. The minimum absolute atomic E-state index is 0.00958. The standard InChI is InChI=1S/C15H15N3OS2/c1-3-17-13-12(21-15(17)20)14(19)18(10(2)16-13)9-11-7-5-4-6-8-11/h4-8H,3,9H2,1-2H3. The Kier molecular flexibility index (Phi) is 3.73. The quantitative estimate of drug-likeness (QED) is 0.695. The molecule has 0 saturated heterocycles. The summed E-state index contributed by atoms with van der Waals surface area (Å²) in [6.07, 6.45) is 0. The van der Waals surface area contributed by atoms with Gasteiger partial charge in [0, 0.05) is 6.54 Å². The van der Waals surface area contributed by atoms with Gasteiger partial charge in [-0.3, -0.25) is 9.36 Å². The lowest BCUT2D eigenvalue weighted by atomic mass is 10.2. The van der Waals surface area contributed by atoms with Gasteiger partial charge in [-0.2, -0.15) is 0 Å². The van der Waals surface area contributed by atoms with E-state index in [9.17, 15) is 4.79 Å². The number of hydrogen-bond acceptors (Lipinski definition) is 4. The first-order valence-corrected chi connectivity index (χ1v) is 7.99. The van der Waals surface area contributed by atoms with Gasteiger partial charge in [-0.1, -0.05) is 41.7 Å². The maximum atomic E-state index is 12.7. The van der Waals surface area contributed by atoms with Gasteiger partial charge < -0.3 is 4.57 Å². The maximum Gasteiger partial charge on any atom is 0.273 e. The Labute approximate surface area is 131 Å². The molecule has 0 amide bonds. The summed E-state index contributed by atoms with van der Waals surface area (Å²) in [5.74, 6) is 0.714. The van der Waals surface area contributed by atoms with Gasteiger partial charge >= 0.3 is 0 Å². The summed E-state index contributed by atoms with van der Waals surface area (Å²) >= 11 is 6.67. The van der Waals surface area contributed by atoms with Crippen molar-refractivity contribution in [1.29, 1.82) is 0 Å². The third kappa shape index (κ3) is 2.45. The zero-order valence-electron chi connectivity index (χ0n) is 11.9. The predicted octanol–water partition coefficient (Wildman–Crippen LogP) is 3.37. The SMILES string of the molecule is CCn1c(=S)sc2c(=O)n(Cc3ccccc3)c(C)nc21. The van der Waals surface area contributed by atoms with Crippen LogP contribution in [0, 0.1) is 10.9 Å². The van der Waals surface area contributed by atoms with E-state index < -0.39 is 0 Å². The first kappa shape index (κ1) is 14.2. The average molecular weight is 317 g/mol. The van der Waals surface area contributed by atoms with Crippen molar-refractivity contribution in [1.82, 2.24) is 14.1 Å².